The lowest BCUT2D eigenvalue weighted by atomic mass is 9.95. The molecular weight excluding hydrogens is 396 g/mol. The van der Waals surface area contributed by atoms with E-state index in [-0.39, 0.29) is 18.1 Å². The summed E-state index contributed by atoms with van der Waals surface area (Å²) in [5, 5.41) is 20.8. The Morgan fingerprint density at radius 2 is 1.97 bits per heavy atom. The molecule has 4 rings (SSSR count). The summed E-state index contributed by atoms with van der Waals surface area (Å²) < 4.78 is 18.5. The van der Waals surface area contributed by atoms with Crippen molar-refractivity contribution in [2.45, 2.75) is 97.1 Å². The van der Waals surface area contributed by atoms with Crippen molar-refractivity contribution < 1.29 is 24.1 Å². The number of rotatable bonds is 7. The molecule has 2 heterocycles. The molecule has 2 aliphatic rings. The van der Waals surface area contributed by atoms with E-state index in [2.05, 4.69) is 13.8 Å². The van der Waals surface area contributed by atoms with Crippen LogP contribution in [0.25, 0.3) is 11.0 Å². The zero-order valence-electron chi connectivity index (χ0n) is 19.0. The second kappa shape index (κ2) is 8.47. The predicted octanol–water partition coefficient (Wildman–Crippen LogP) is 4.27. The first-order chi connectivity index (χ1) is 14.7. The van der Waals surface area contributed by atoms with Crippen LogP contribution in [-0.2, 0) is 19.4 Å². The first-order valence-electron chi connectivity index (χ1n) is 11.5. The summed E-state index contributed by atoms with van der Waals surface area (Å²) in [6.07, 6.45) is 5.63. The number of aliphatic hydroxyl groups excluding tert-OH is 1. The Morgan fingerprint density at radius 3 is 2.58 bits per heavy atom. The van der Waals surface area contributed by atoms with Crippen LogP contribution in [0.3, 0.4) is 0 Å². The molecule has 0 unspecified atom stereocenters. The van der Waals surface area contributed by atoms with E-state index in [1.54, 1.807) is 19.9 Å². The number of fused-ring (bicyclic) bond motifs is 2. The van der Waals surface area contributed by atoms with Crippen molar-refractivity contribution in [1.29, 1.82) is 0 Å². The van der Waals surface area contributed by atoms with Crippen molar-refractivity contribution in [2.24, 2.45) is 5.92 Å². The van der Waals surface area contributed by atoms with Crippen molar-refractivity contribution >= 4 is 11.0 Å². The van der Waals surface area contributed by atoms with Gasteiger partial charge in [-0.3, -0.25) is 4.79 Å². The molecule has 1 aromatic heterocycles. The van der Waals surface area contributed by atoms with Crippen LogP contribution in [-0.4, -0.2) is 28.0 Å². The molecule has 1 saturated carbocycles. The Labute approximate surface area is 183 Å². The number of hydrogen-bond acceptors (Lipinski definition) is 6. The molecule has 2 N–H and O–H groups in total. The summed E-state index contributed by atoms with van der Waals surface area (Å²) in [5.41, 5.74) is 0.550. The first-order valence-corrected chi connectivity index (χ1v) is 11.5. The summed E-state index contributed by atoms with van der Waals surface area (Å²) in [5.74, 6) is 1.85. The molecule has 1 fully saturated rings. The van der Waals surface area contributed by atoms with Gasteiger partial charge in [0.15, 0.2) is 5.43 Å². The Bertz CT molecular complexity index is 1010. The molecule has 0 spiro atoms. The second-order valence-electron chi connectivity index (χ2n) is 9.97. The van der Waals surface area contributed by atoms with E-state index in [4.69, 9.17) is 13.9 Å². The van der Waals surface area contributed by atoms with Gasteiger partial charge in [0.05, 0.1) is 11.7 Å². The lowest BCUT2D eigenvalue weighted by Gasteiger charge is -2.24. The Balaban J connectivity index is 1.90. The van der Waals surface area contributed by atoms with Crippen LogP contribution in [0.15, 0.2) is 15.3 Å². The van der Waals surface area contributed by atoms with Gasteiger partial charge in [0, 0.05) is 23.6 Å². The SMILES string of the molecule is CC(C)CCc1c(CO)oc2cc3c(c(OC4CCCC4)c2c1=O)C[C@@H](C(C)(C)O)O3. The minimum Gasteiger partial charge on any atom is -0.489 e. The third kappa shape index (κ3) is 4.33. The molecule has 2 aromatic rings. The molecule has 170 valence electrons. The quantitative estimate of drug-likeness (QED) is 0.682. The predicted molar refractivity (Wildman–Crippen MR) is 119 cm³/mol. The number of hydrogen-bond donors (Lipinski definition) is 2. The molecular formula is C25H34O6. The Morgan fingerprint density at radius 1 is 1.26 bits per heavy atom. The van der Waals surface area contributed by atoms with Crippen LogP contribution in [0, 0.1) is 5.92 Å². The Kier molecular flexibility index (Phi) is 6.05. The van der Waals surface area contributed by atoms with E-state index in [0.717, 1.165) is 37.7 Å². The Hall–Kier alpha value is -2.05. The molecule has 1 atom stereocenters. The van der Waals surface area contributed by atoms with E-state index in [1.807, 2.05) is 0 Å². The van der Waals surface area contributed by atoms with Gasteiger partial charge in [-0.05, 0) is 58.3 Å². The summed E-state index contributed by atoms with van der Waals surface area (Å²) in [4.78, 5) is 13.7. The molecule has 1 aliphatic carbocycles. The van der Waals surface area contributed by atoms with Crippen LogP contribution in [0.4, 0.5) is 0 Å². The maximum atomic E-state index is 13.7. The zero-order valence-corrected chi connectivity index (χ0v) is 19.0. The highest BCUT2D eigenvalue weighted by atomic mass is 16.5. The average molecular weight is 431 g/mol. The van der Waals surface area contributed by atoms with Crippen molar-refractivity contribution in [3.8, 4) is 11.5 Å². The molecule has 6 nitrogen and oxygen atoms in total. The van der Waals surface area contributed by atoms with Crippen molar-refractivity contribution in [2.75, 3.05) is 0 Å². The summed E-state index contributed by atoms with van der Waals surface area (Å²) in [6, 6.07) is 1.71. The summed E-state index contributed by atoms with van der Waals surface area (Å²) >= 11 is 0. The third-order valence-corrected chi connectivity index (χ3v) is 6.53. The number of benzene rings is 1. The average Bonchev–Trinajstić information content (AvgIpc) is 3.35. The smallest absolute Gasteiger partial charge is 0.200 e. The van der Waals surface area contributed by atoms with Gasteiger partial charge in [0.2, 0.25) is 0 Å². The van der Waals surface area contributed by atoms with E-state index < -0.39 is 11.7 Å². The fourth-order valence-corrected chi connectivity index (χ4v) is 4.61. The molecule has 0 radical (unpaired) electrons. The van der Waals surface area contributed by atoms with Crippen LogP contribution in [0.1, 0.15) is 76.7 Å². The topological polar surface area (TPSA) is 89.1 Å². The van der Waals surface area contributed by atoms with E-state index in [0.29, 0.717) is 52.6 Å². The highest BCUT2D eigenvalue weighted by Crippen LogP contribution is 2.44. The third-order valence-electron chi connectivity index (χ3n) is 6.53. The van der Waals surface area contributed by atoms with Crippen molar-refractivity contribution in [1.82, 2.24) is 0 Å². The lowest BCUT2D eigenvalue weighted by molar-refractivity contribution is -0.0229. The van der Waals surface area contributed by atoms with Crippen LogP contribution < -0.4 is 14.9 Å². The van der Waals surface area contributed by atoms with E-state index in [9.17, 15) is 15.0 Å². The molecule has 1 aromatic carbocycles. The zero-order chi connectivity index (χ0) is 22.3. The van der Waals surface area contributed by atoms with Gasteiger partial charge in [0.25, 0.3) is 0 Å². The number of aliphatic hydroxyl groups is 2. The molecule has 0 bridgehead atoms. The van der Waals surface area contributed by atoms with Gasteiger partial charge >= 0.3 is 0 Å². The van der Waals surface area contributed by atoms with Gasteiger partial charge < -0.3 is 24.1 Å². The summed E-state index contributed by atoms with van der Waals surface area (Å²) in [6.45, 7) is 7.32. The monoisotopic (exact) mass is 430 g/mol. The van der Waals surface area contributed by atoms with Crippen LogP contribution in [0.5, 0.6) is 11.5 Å². The van der Waals surface area contributed by atoms with Gasteiger partial charge in [-0.2, -0.15) is 0 Å². The molecule has 0 saturated heterocycles. The normalized spacial score (nSPS) is 19.3. The minimum atomic E-state index is -1.04. The van der Waals surface area contributed by atoms with Gasteiger partial charge in [-0.1, -0.05) is 13.8 Å². The highest BCUT2D eigenvalue weighted by Gasteiger charge is 2.38. The van der Waals surface area contributed by atoms with Gasteiger partial charge in [-0.15, -0.1) is 0 Å². The van der Waals surface area contributed by atoms with E-state index >= 15 is 0 Å². The molecule has 6 heteroatoms. The van der Waals surface area contributed by atoms with Crippen molar-refractivity contribution in [3.05, 3.63) is 33.2 Å². The lowest BCUT2D eigenvalue weighted by Crippen LogP contribution is -2.39. The van der Waals surface area contributed by atoms with E-state index in [1.165, 1.54) is 0 Å². The first kappa shape index (κ1) is 22.2. The largest absolute Gasteiger partial charge is 0.489 e. The van der Waals surface area contributed by atoms with Crippen molar-refractivity contribution in [3.63, 3.8) is 0 Å². The fourth-order valence-electron chi connectivity index (χ4n) is 4.61. The molecule has 31 heavy (non-hydrogen) atoms. The second-order valence-corrected chi connectivity index (χ2v) is 9.97. The molecule has 0 amide bonds. The molecule has 1 aliphatic heterocycles. The van der Waals surface area contributed by atoms with Gasteiger partial charge in [0.1, 0.15) is 40.9 Å². The maximum Gasteiger partial charge on any atom is 0.200 e. The maximum absolute atomic E-state index is 13.7. The van der Waals surface area contributed by atoms with Crippen LogP contribution >= 0.6 is 0 Å². The summed E-state index contributed by atoms with van der Waals surface area (Å²) in [7, 11) is 0. The van der Waals surface area contributed by atoms with Gasteiger partial charge in [-0.25, -0.2) is 0 Å². The highest BCUT2D eigenvalue weighted by molar-refractivity contribution is 5.88. The number of ether oxygens (including phenoxy) is 2. The van der Waals surface area contributed by atoms with Crippen LogP contribution in [0.2, 0.25) is 0 Å². The standard InChI is InChI=1S/C25H34O6/c1-14(2)9-10-16-20(13-26)30-19-12-18-17(11-21(31-18)25(3,4)28)24(22(19)23(16)27)29-15-7-5-6-8-15/h12,14-15,21,26,28H,5-11,13H2,1-4H3/t21-/m0/s1. The minimum absolute atomic E-state index is 0.0620. The fraction of sp³-hybridized carbons (Fsp3) is 0.640.